The summed E-state index contributed by atoms with van der Waals surface area (Å²) in [4.78, 5) is 26.4. The highest BCUT2D eigenvalue weighted by atomic mass is 32.1. The van der Waals surface area contributed by atoms with Gasteiger partial charge in [0, 0.05) is 18.0 Å². The highest BCUT2D eigenvalue weighted by Crippen LogP contribution is 2.38. The summed E-state index contributed by atoms with van der Waals surface area (Å²) >= 11 is 1.29. The quantitative estimate of drug-likeness (QED) is 0.570. The smallest absolute Gasteiger partial charge is 0.435 e. The highest BCUT2D eigenvalue weighted by molar-refractivity contribution is 7.17. The van der Waals surface area contributed by atoms with Crippen molar-refractivity contribution in [3.05, 3.63) is 33.5 Å². The average molecular weight is 429 g/mol. The molecule has 29 heavy (non-hydrogen) atoms. The normalized spacial score (nSPS) is 14.4. The molecule has 2 aromatic rings. The molecule has 0 unspecified atom stereocenters. The lowest BCUT2D eigenvalue weighted by Crippen LogP contribution is -2.19. The van der Waals surface area contributed by atoms with Crippen LogP contribution >= 0.6 is 11.3 Å². The highest BCUT2D eigenvalue weighted by Gasteiger charge is 2.36. The number of nitrogens with one attached hydrogen (secondary N) is 1. The molecular formula is C19H22F3N3O3S. The van der Waals surface area contributed by atoms with Gasteiger partial charge in [0.25, 0.3) is 5.91 Å². The minimum absolute atomic E-state index is 0.246. The molecule has 2 heterocycles. The van der Waals surface area contributed by atoms with E-state index in [0.717, 1.165) is 40.8 Å². The summed E-state index contributed by atoms with van der Waals surface area (Å²) in [5, 5.41) is 6.28. The van der Waals surface area contributed by atoms with Crippen LogP contribution in [0.3, 0.4) is 0 Å². The molecule has 1 aliphatic carbocycles. The number of hydrogen-bond donors (Lipinski definition) is 1. The van der Waals surface area contributed by atoms with Crippen LogP contribution in [0.4, 0.5) is 18.2 Å². The molecule has 0 radical (unpaired) electrons. The van der Waals surface area contributed by atoms with Crippen LogP contribution in [0.2, 0.25) is 0 Å². The van der Waals surface area contributed by atoms with E-state index in [9.17, 15) is 22.8 Å². The van der Waals surface area contributed by atoms with Crippen molar-refractivity contribution in [1.29, 1.82) is 0 Å². The van der Waals surface area contributed by atoms with Crippen molar-refractivity contribution in [3.63, 3.8) is 0 Å². The van der Waals surface area contributed by atoms with Crippen molar-refractivity contribution in [2.75, 3.05) is 5.32 Å². The van der Waals surface area contributed by atoms with Gasteiger partial charge in [-0.1, -0.05) is 6.42 Å². The summed E-state index contributed by atoms with van der Waals surface area (Å²) in [5.41, 5.74) is -0.211. The van der Waals surface area contributed by atoms with Gasteiger partial charge in [0.2, 0.25) is 0 Å². The van der Waals surface area contributed by atoms with Crippen molar-refractivity contribution in [3.8, 4) is 0 Å². The molecule has 1 N–H and O–H groups in total. The fourth-order valence-corrected chi connectivity index (χ4v) is 4.58. The Kier molecular flexibility index (Phi) is 6.02. The molecule has 1 amide bonds. The number of rotatable bonds is 4. The number of hydrogen-bond acceptors (Lipinski definition) is 5. The minimum atomic E-state index is -4.65. The van der Waals surface area contributed by atoms with Gasteiger partial charge in [-0.3, -0.25) is 9.48 Å². The minimum Gasteiger partial charge on any atom is -0.459 e. The lowest BCUT2D eigenvalue weighted by atomic mass is 10.1. The number of aryl methyl sites for hydroxylation is 2. The zero-order valence-corrected chi connectivity index (χ0v) is 17.2. The van der Waals surface area contributed by atoms with E-state index in [1.165, 1.54) is 18.4 Å². The standard InChI is InChI=1S/C19H22F3N3O3S/c1-10(2)28-18(27)15-11-7-5-4-6-8-13(11)29-17(15)23-16(26)12-9-14(19(20,21)22)24-25(12)3/h9-10H,4-8H2,1-3H3,(H,23,26). The molecule has 10 heteroatoms. The van der Waals surface area contributed by atoms with Gasteiger partial charge >= 0.3 is 12.1 Å². The Hall–Kier alpha value is -2.36. The first-order chi connectivity index (χ1) is 13.6. The van der Waals surface area contributed by atoms with Crippen molar-refractivity contribution >= 4 is 28.2 Å². The molecule has 0 atom stereocenters. The third-order valence-electron chi connectivity index (χ3n) is 4.60. The van der Waals surface area contributed by atoms with Crippen LogP contribution in [0, 0.1) is 0 Å². The van der Waals surface area contributed by atoms with Crippen LogP contribution in [0.1, 0.15) is 70.1 Å². The third-order valence-corrected chi connectivity index (χ3v) is 5.81. The Bertz CT molecular complexity index is 931. The number of halogens is 3. The third kappa shape index (κ3) is 4.63. The summed E-state index contributed by atoms with van der Waals surface area (Å²) in [6, 6.07) is 0.694. The average Bonchev–Trinajstić information content (AvgIpc) is 3.07. The molecular weight excluding hydrogens is 407 g/mol. The lowest BCUT2D eigenvalue weighted by Gasteiger charge is -2.11. The van der Waals surface area contributed by atoms with E-state index < -0.39 is 23.7 Å². The number of alkyl halides is 3. The van der Waals surface area contributed by atoms with Crippen molar-refractivity contribution in [2.24, 2.45) is 7.05 Å². The topological polar surface area (TPSA) is 73.2 Å². The zero-order chi connectivity index (χ0) is 21.3. The molecule has 0 saturated heterocycles. The van der Waals surface area contributed by atoms with Gasteiger partial charge in [0.05, 0.1) is 11.7 Å². The summed E-state index contributed by atoms with van der Waals surface area (Å²) in [6.07, 6.45) is -0.527. The predicted octanol–water partition coefficient (Wildman–Crippen LogP) is 4.59. The largest absolute Gasteiger partial charge is 0.459 e. The van der Waals surface area contributed by atoms with Crippen LogP contribution < -0.4 is 5.32 Å². The number of anilines is 1. The fourth-order valence-electron chi connectivity index (χ4n) is 3.31. The number of fused-ring (bicyclic) bond motifs is 1. The van der Waals surface area contributed by atoms with E-state index in [-0.39, 0.29) is 11.8 Å². The van der Waals surface area contributed by atoms with Crippen molar-refractivity contribution in [2.45, 2.75) is 58.2 Å². The van der Waals surface area contributed by atoms with E-state index in [1.54, 1.807) is 13.8 Å². The summed E-state index contributed by atoms with van der Waals surface area (Å²) < 4.78 is 44.9. The first-order valence-corrected chi connectivity index (χ1v) is 10.2. The number of carbonyl (C=O) groups is 2. The molecule has 2 aromatic heterocycles. The van der Waals surface area contributed by atoms with Gasteiger partial charge in [0.15, 0.2) is 5.69 Å². The van der Waals surface area contributed by atoms with Crippen LogP contribution in [0.5, 0.6) is 0 Å². The Balaban J connectivity index is 1.95. The number of amides is 1. The number of aromatic nitrogens is 2. The maximum absolute atomic E-state index is 12.9. The fraction of sp³-hybridized carbons (Fsp3) is 0.526. The summed E-state index contributed by atoms with van der Waals surface area (Å²) in [6.45, 7) is 3.46. The summed E-state index contributed by atoms with van der Waals surface area (Å²) in [7, 11) is 1.27. The maximum atomic E-state index is 12.9. The van der Waals surface area contributed by atoms with Gasteiger partial charge in [0.1, 0.15) is 10.7 Å². The Labute approximate surface area is 170 Å². The van der Waals surface area contributed by atoms with Crippen LogP contribution in [0.15, 0.2) is 6.07 Å². The molecule has 0 saturated carbocycles. The van der Waals surface area contributed by atoms with Crippen molar-refractivity contribution < 1.29 is 27.5 Å². The number of ether oxygens (including phenoxy) is 1. The monoisotopic (exact) mass is 429 g/mol. The number of thiophene rings is 1. The number of carbonyl (C=O) groups excluding carboxylic acids is 2. The first-order valence-electron chi connectivity index (χ1n) is 9.36. The van der Waals surface area contributed by atoms with E-state index >= 15 is 0 Å². The second kappa shape index (κ2) is 8.17. The number of esters is 1. The molecule has 0 fully saturated rings. The second-order valence-electron chi connectivity index (χ2n) is 7.21. The Morgan fingerprint density at radius 3 is 2.55 bits per heavy atom. The van der Waals surface area contributed by atoms with E-state index in [0.29, 0.717) is 23.1 Å². The van der Waals surface area contributed by atoms with E-state index in [4.69, 9.17) is 4.74 Å². The summed E-state index contributed by atoms with van der Waals surface area (Å²) in [5.74, 6) is -1.29. The molecule has 0 aliphatic heterocycles. The molecule has 158 valence electrons. The van der Waals surface area contributed by atoms with Crippen LogP contribution in [0.25, 0.3) is 0 Å². The zero-order valence-electron chi connectivity index (χ0n) is 16.4. The van der Waals surface area contributed by atoms with Gasteiger partial charge in [-0.15, -0.1) is 11.3 Å². The van der Waals surface area contributed by atoms with Gasteiger partial charge < -0.3 is 10.1 Å². The molecule has 6 nitrogen and oxygen atoms in total. The number of nitrogens with zero attached hydrogens (tertiary/aromatic N) is 2. The van der Waals surface area contributed by atoms with E-state index in [1.807, 2.05) is 0 Å². The van der Waals surface area contributed by atoms with Crippen molar-refractivity contribution in [1.82, 2.24) is 9.78 Å². The van der Waals surface area contributed by atoms with Gasteiger partial charge in [-0.25, -0.2) is 4.79 Å². The molecule has 1 aliphatic rings. The molecule has 0 aromatic carbocycles. The van der Waals surface area contributed by atoms with E-state index in [2.05, 4.69) is 10.4 Å². The van der Waals surface area contributed by atoms with Gasteiger partial charge in [-0.2, -0.15) is 18.3 Å². The molecule has 3 rings (SSSR count). The van der Waals surface area contributed by atoms with Crippen LogP contribution in [-0.2, 0) is 30.8 Å². The molecule has 0 bridgehead atoms. The lowest BCUT2D eigenvalue weighted by molar-refractivity contribution is -0.141. The molecule has 0 spiro atoms. The van der Waals surface area contributed by atoms with Gasteiger partial charge in [-0.05, 0) is 45.1 Å². The van der Waals surface area contributed by atoms with Crippen LogP contribution in [-0.4, -0.2) is 27.8 Å². The second-order valence-corrected chi connectivity index (χ2v) is 8.32. The first kappa shape index (κ1) is 21.4. The Morgan fingerprint density at radius 1 is 1.24 bits per heavy atom. The SMILES string of the molecule is CC(C)OC(=O)c1c(NC(=O)c2cc(C(F)(F)F)nn2C)sc2c1CCCCC2. The maximum Gasteiger partial charge on any atom is 0.435 e. The predicted molar refractivity (Wildman–Crippen MR) is 102 cm³/mol. The Morgan fingerprint density at radius 2 is 1.93 bits per heavy atom.